The van der Waals surface area contributed by atoms with Crippen molar-refractivity contribution in [2.45, 2.75) is 40.7 Å². The monoisotopic (exact) mass is 216 g/mol. The normalized spacial score (nSPS) is 23.6. The van der Waals surface area contributed by atoms with E-state index in [1.807, 2.05) is 6.26 Å². The maximum Gasteiger partial charge on any atom is 0.129 e. The summed E-state index contributed by atoms with van der Waals surface area (Å²) in [5.74, 6) is 0.471. The van der Waals surface area contributed by atoms with Gasteiger partial charge in [-0.25, -0.2) is 0 Å². The van der Waals surface area contributed by atoms with Crippen molar-refractivity contribution in [3.63, 3.8) is 0 Å². The Morgan fingerprint density at radius 1 is 1.00 bits per heavy atom. The fourth-order valence-corrected chi connectivity index (χ4v) is 2.48. The van der Waals surface area contributed by atoms with E-state index in [-0.39, 0.29) is 6.10 Å². The summed E-state index contributed by atoms with van der Waals surface area (Å²) in [5, 5.41) is 0. The molecule has 0 spiro atoms. The van der Waals surface area contributed by atoms with Crippen molar-refractivity contribution < 1.29 is 4.74 Å². The van der Waals surface area contributed by atoms with E-state index in [9.17, 15) is 0 Å². The highest BCUT2D eigenvalue weighted by Crippen LogP contribution is 2.37. The lowest BCUT2D eigenvalue weighted by Crippen LogP contribution is -2.10. The van der Waals surface area contributed by atoms with E-state index in [1.54, 1.807) is 0 Å². The minimum Gasteiger partial charge on any atom is -0.493 e. The van der Waals surface area contributed by atoms with Crippen molar-refractivity contribution in [2.24, 2.45) is 5.92 Å². The molecule has 0 saturated heterocycles. The van der Waals surface area contributed by atoms with Gasteiger partial charge in [0.15, 0.2) is 0 Å². The molecule has 0 N–H and O–H groups in total. The summed E-state index contributed by atoms with van der Waals surface area (Å²) in [4.78, 5) is 0. The topological polar surface area (TPSA) is 9.23 Å². The molecule has 0 unspecified atom stereocenters. The molecule has 2 rings (SSSR count). The van der Waals surface area contributed by atoms with Crippen LogP contribution in [0.1, 0.15) is 40.8 Å². The van der Waals surface area contributed by atoms with E-state index in [0.717, 1.165) is 0 Å². The summed E-state index contributed by atoms with van der Waals surface area (Å²) in [6.07, 6.45) is 4.19. The second-order valence-corrected chi connectivity index (χ2v) is 4.92. The Kier molecular flexibility index (Phi) is 2.79. The van der Waals surface area contributed by atoms with Crippen molar-refractivity contribution >= 4 is 0 Å². The molecule has 0 aliphatic carbocycles. The number of benzene rings is 1. The van der Waals surface area contributed by atoms with Gasteiger partial charge in [-0.2, -0.15) is 0 Å². The summed E-state index contributed by atoms with van der Waals surface area (Å²) in [5.41, 5.74) is 6.86. The molecule has 0 bridgehead atoms. The largest absolute Gasteiger partial charge is 0.493 e. The standard InChI is InChI=1S/C15H20O/c1-9-6-7-16-15(9)14-12(4)10(2)8-11(3)13(14)5/h6-9,15H,1-5H3/t9-,15+/m0/s1. The Morgan fingerprint density at radius 3 is 2.00 bits per heavy atom. The zero-order chi connectivity index (χ0) is 11.9. The van der Waals surface area contributed by atoms with Crippen molar-refractivity contribution in [1.82, 2.24) is 0 Å². The number of hydrogen-bond donors (Lipinski definition) is 0. The molecule has 1 aromatic carbocycles. The third-order valence-electron chi connectivity index (χ3n) is 3.79. The van der Waals surface area contributed by atoms with E-state index in [2.05, 4.69) is 46.8 Å². The molecule has 86 valence electrons. The Labute approximate surface area is 98.1 Å². The van der Waals surface area contributed by atoms with Crippen LogP contribution in [-0.2, 0) is 4.74 Å². The Hall–Kier alpha value is -1.24. The zero-order valence-corrected chi connectivity index (χ0v) is 10.8. The maximum absolute atomic E-state index is 5.74. The Bertz CT molecular complexity index is 417. The van der Waals surface area contributed by atoms with Crippen LogP contribution >= 0.6 is 0 Å². The summed E-state index contributed by atoms with van der Waals surface area (Å²) in [7, 11) is 0. The molecule has 0 fully saturated rings. The molecule has 2 atom stereocenters. The van der Waals surface area contributed by atoms with Gasteiger partial charge < -0.3 is 4.74 Å². The molecular formula is C15H20O. The Balaban J connectivity index is 2.55. The van der Waals surface area contributed by atoms with Gasteiger partial charge in [0.2, 0.25) is 0 Å². The van der Waals surface area contributed by atoms with Gasteiger partial charge in [0.1, 0.15) is 6.10 Å². The van der Waals surface area contributed by atoms with Crippen LogP contribution < -0.4 is 0 Å². The molecule has 0 radical (unpaired) electrons. The zero-order valence-electron chi connectivity index (χ0n) is 10.8. The van der Waals surface area contributed by atoms with Crippen molar-refractivity contribution in [3.8, 4) is 0 Å². The third-order valence-corrected chi connectivity index (χ3v) is 3.79. The van der Waals surface area contributed by atoms with Gasteiger partial charge in [-0.3, -0.25) is 0 Å². The summed E-state index contributed by atoms with van der Waals surface area (Å²) in [6.45, 7) is 11.0. The Morgan fingerprint density at radius 2 is 1.56 bits per heavy atom. The molecule has 0 aromatic heterocycles. The van der Waals surface area contributed by atoms with Crippen LogP contribution in [0.5, 0.6) is 0 Å². The van der Waals surface area contributed by atoms with E-state index in [4.69, 9.17) is 4.74 Å². The van der Waals surface area contributed by atoms with Crippen molar-refractivity contribution in [2.75, 3.05) is 0 Å². The van der Waals surface area contributed by atoms with Crippen LogP contribution in [0.3, 0.4) is 0 Å². The number of rotatable bonds is 1. The second kappa shape index (κ2) is 3.97. The minimum atomic E-state index is 0.207. The first-order valence-corrected chi connectivity index (χ1v) is 5.91. The van der Waals surface area contributed by atoms with Crippen LogP contribution in [0.2, 0.25) is 0 Å². The van der Waals surface area contributed by atoms with Crippen LogP contribution in [0, 0.1) is 33.6 Å². The molecule has 1 aliphatic heterocycles. The van der Waals surface area contributed by atoms with Gasteiger partial charge in [-0.05, 0) is 61.6 Å². The quantitative estimate of drug-likeness (QED) is 0.685. The predicted octanol–water partition coefficient (Wildman–Crippen LogP) is 4.14. The maximum atomic E-state index is 5.74. The van der Waals surface area contributed by atoms with Gasteiger partial charge in [0, 0.05) is 5.92 Å². The smallest absolute Gasteiger partial charge is 0.129 e. The average Bonchev–Trinajstić information content (AvgIpc) is 2.63. The third kappa shape index (κ3) is 1.64. The second-order valence-electron chi connectivity index (χ2n) is 4.92. The first-order valence-electron chi connectivity index (χ1n) is 5.91. The van der Waals surface area contributed by atoms with E-state index in [1.165, 1.54) is 27.8 Å². The molecule has 0 saturated carbocycles. The van der Waals surface area contributed by atoms with Crippen LogP contribution in [0.4, 0.5) is 0 Å². The van der Waals surface area contributed by atoms with E-state index >= 15 is 0 Å². The lowest BCUT2D eigenvalue weighted by molar-refractivity contribution is 0.141. The summed E-state index contributed by atoms with van der Waals surface area (Å²) >= 11 is 0. The number of ether oxygens (including phenoxy) is 1. The fourth-order valence-electron chi connectivity index (χ4n) is 2.48. The van der Waals surface area contributed by atoms with Gasteiger partial charge in [0.25, 0.3) is 0 Å². The summed E-state index contributed by atoms with van der Waals surface area (Å²) < 4.78 is 5.74. The predicted molar refractivity (Wildman–Crippen MR) is 67.5 cm³/mol. The molecular weight excluding hydrogens is 196 g/mol. The van der Waals surface area contributed by atoms with Gasteiger partial charge in [-0.15, -0.1) is 0 Å². The molecule has 1 heterocycles. The highest BCUT2D eigenvalue weighted by molar-refractivity contribution is 5.46. The summed E-state index contributed by atoms with van der Waals surface area (Å²) in [6, 6.07) is 2.27. The van der Waals surface area contributed by atoms with Crippen LogP contribution in [0.15, 0.2) is 18.4 Å². The van der Waals surface area contributed by atoms with E-state index < -0.39 is 0 Å². The fraction of sp³-hybridized carbons (Fsp3) is 0.467. The molecule has 1 aromatic rings. The van der Waals surface area contributed by atoms with E-state index in [0.29, 0.717) is 5.92 Å². The lowest BCUT2D eigenvalue weighted by atomic mass is 9.87. The number of hydrogen-bond acceptors (Lipinski definition) is 1. The lowest BCUT2D eigenvalue weighted by Gasteiger charge is -2.23. The molecule has 0 amide bonds. The first-order chi connectivity index (χ1) is 7.52. The first kappa shape index (κ1) is 11.3. The van der Waals surface area contributed by atoms with Crippen LogP contribution in [-0.4, -0.2) is 0 Å². The number of aryl methyl sites for hydroxylation is 2. The highest BCUT2D eigenvalue weighted by Gasteiger charge is 2.26. The molecule has 16 heavy (non-hydrogen) atoms. The van der Waals surface area contributed by atoms with Crippen molar-refractivity contribution in [3.05, 3.63) is 46.2 Å². The molecule has 1 nitrogen and oxygen atoms in total. The SMILES string of the molecule is Cc1cc(C)c(C)c([C@@H]2OC=C[C@@H]2C)c1C. The highest BCUT2D eigenvalue weighted by atomic mass is 16.5. The van der Waals surface area contributed by atoms with Crippen molar-refractivity contribution in [1.29, 1.82) is 0 Å². The average molecular weight is 216 g/mol. The molecule has 1 aliphatic rings. The van der Waals surface area contributed by atoms with Gasteiger partial charge in [0.05, 0.1) is 6.26 Å². The van der Waals surface area contributed by atoms with Gasteiger partial charge in [-0.1, -0.05) is 13.0 Å². The van der Waals surface area contributed by atoms with Crippen LogP contribution in [0.25, 0.3) is 0 Å². The van der Waals surface area contributed by atoms with Gasteiger partial charge >= 0.3 is 0 Å². The molecule has 1 heteroatoms. The minimum absolute atomic E-state index is 0.207.